The van der Waals surface area contributed by atoms with Gasteiger partial charge >= 0.3 is 0 Å². The van der Waals surface area contributed by atoms with E-state index in [-0.39, 0.29) is 17.9 Å². The van der Waals surface area contributed by atoms with E-state index >= 15 is 0 Å². The number of amides is 1. The Labute approximate surface area is 60.1 Å². The largest absolute Gasteiger partial charge is 0.369 e. The van der Waals surface area contributed by atoms with Crippen LogP contribution in [0.5, 0.6) is 0 Å². The van der Waals surface area contributed by atoms with Crippen LogP contribution < -0.4 is 16.6 Å². The summed E-state index contributed by atoms with van der Waals surface area (Å²) in [5, 5.41) is 0. The monoisotopic (exact) mass is 143 g/mol. The van der Waals surface area contributed by atoms with E-state index in [2.05, 4.69) is 10.9 Å². The summed E-state index contributed by atoms with van der Waals surface area (Å²) in [5.74, 6) is -0.255. The third-order valence-corrected chi connectivity index (χ3v) is 1.90. The van der Waals surface area contributed by atoms with Crippen molar-refractivity contribution in [2.24, 2.45) is 11.7 Å². The lowest BCUT2D eigenvalue weighted by atomic mass is 10.00. The van der Waals surface area contributed by atoms with E-state index in [1.807, 2.05) is 6.92 Å². The van der Waals surface area contributed by atoms with E-state index in [1.165, 1.54) is 0 Å². The molecule has 1 heterocycles. The highest BCUT2D eigenvalue weighted by Crippen LogP contribution is 2.09. The number of rotatable bonds is 2. The molecule has 1 rings (SSSR count). The van der Waals surface area contributed by atoms with Gasteiger partial charge in [-0.25, -0.2) is 0 Å². The van der Waals surface area contributed by atoms with Gasteiger partial charge in [-0.05, 0) is 6.42 Å². The van der Waals surface area contributed by atoms with Crippen LogP contribution in [0.4, 0.5) is 0 Å². The second-order valence-electron chi connectivity index (χ2n) is 2.55. The fourth-order valence-electron chi connectivity index (χ4n) is 1.23. The van der Waals surface area contributed by atoms with E-state index in [0.717, 1.165) is 6.42 Å². The molecule has 1 fully saturated rings. The Morgan fingerprint density at radius 3 is 2.90 bits per heavy atom. The maximum atomic E-state index is 10.7. The maximum Gasteiger partial charge on any atom is 0.223 e. The second-order valence-corrected chi connectivity index (χ2v) is 2.55. The van der Waals surface area contributed by atoms with Crippen LogP contribution in [0.1, 0.15) is 13.3 Å². The number of nitrogens with one attached hydrogen (secondary N) is 2. The van der Waals surface area contributed by atoms with Gasteiger partial charge in [-0.3, -0.25) is 15.6 Å². The molecular weight excluding hydrogens is 130 g/mol. The van der Waals surface area contributed by atoms with Crippen molar-refractivity contribution in [3.63, 3.8) is 0 Å². The zero-order chi connectivity index (χ0) is 7.56. The van der Waals surface area contributed by atoms with Crippen molar-refractivity contribution >= 4 is 5.91 Å². The summed E-state index contributed by atoms with van der Waals surface area (Å²) in [7, 11) is 0. The number of hydrogen-bond acceptors (Lipinski definition) is 3. The van der Waals surface area contributed by atoms with Crippen LogP contribution in [-0.2, 0) is 4.79 Å². The zero-order valence-electron chi connectivity index (χ0n) is 6.05. The molecule has 1 saturated heterocycles. The average molecular weight is 143 g/mol. The first-order valence-corrected chi connectivity index (χ1v) is 3.53. The van der Waals surface area contributed by atoms with Crippen molar-refractivity contribution in [1.82, 2.24) is 10.9 Å². The van der Waals surface area contributed by atoms with Crippen molar-refractivity contribution in [2.45, 2.75) is 19.4 Å². The van der Waals surface area contributed by atoms with E-state index in [0.29, 0.717) is 6.54 Å². The van der Waals surface area contributed by atoms with Crippen LogP contribution in [0.2, 0.25) is 0 Å². The molecule has 1 aliphatic rings. The molecule has 2 unspecified atom stereocenters. The quantitative estimate of drug-likeness (QED) is 0.463. The molecule has 0 saturated carbocycles. The summed E-state index contributed by atoms with van der Waals surface area (Å²) in [6.45, 7) is 2.69. The first-order chi connectivity index (χ1) is 4.75. The molecule has 0 aromatic heterocycles. The molecule has 2 atom stereocenters. The molecule has 4 nitrogen and oxygen atoms in total. The van der Waals surface area contributed by atoms with Gasteiger partial charge in [0, 0.05) is 12.6 Å². The first kappa shape index (κ1) is 7.50. The summed E-state index contributed by atoms with van der Waals surface area (Å²) in [4.78, 5) is 10.7. The first-order valence-electron chi connectivity index (χ1n) is 3.53. The Bertz CT molecular complexity index is 137. The Hall–Kier alpha value is -0.610. The van der Waals surface area contributed by atoms with Gasteiger partial charge in [-0.2, -0.15) is 0 Å². The van der Waals surface area contributed by atoms with Gasteiger partial charge in [-0.1, -0.05) is 6.92 Å². The SMILES string of the molecule is CCC1NNCC1C(N)=O. The molecule has 10 heavy (non-hydrogen) atoms. The predicted molar refractivity (Wildman–Crippen MR) is 37.9 cm³/mol. The summed E-state index contributed by atoms with van der Waals surface area (Å²) in [6.07, 6.45) is 0.931. The number of primary amides is 1. The molecule has 0 bridgehead atoms. The van der Waals surface area contributed by atoms with E-state index in [1.54, 1.807) is 0 Å². The van der Waals surface area contributed by atoms with Crippen molar-refractivity contribution < 1.29 is 4.79 Å². The predicted octanol–water partition coefficient (Wildman–Crippen LogP) is -1.03. The van der Waals surface area contributed by atoms with Gasteiger partial charge in [0.2, 0.25) is 5.91 Å². The van der Waals surface area contributed by atoms with Gasteiger partial charge in [0.25, 0.3) is 0 Å². The molecular formula is C6H13N3O. The molecule has 0 radical (unpaired) electrons. The molecule has 0 aromatic rings. The average Bonchev–Trinajstić information content (AvgIpc) is 2.33. The lowest BCUT2D eigenvalue weighted by Crippen LogP contribution is -2.35. The standard InChI is InChI=1S/C6H13N3O/c1-2-5-4(6(7)10)3-8-9-5/h4-5,8-9H,2-3H2,1H3,(H2,7,10). The van der Waals surface area contributed by atoms with Gasteiger partial charge < -0.3 is 5.73 Å². The van der Waals surface area contributed by atoms with Crippen LogP contribution >= 0.6 is 0 Å². The molecule has 58 valence electrons. The van der Waals surface area contributed by atoms with Crippen LogP contribution in [-0.4, -0.2) is 18.5 Å². The van der Waals surface area contributed by atoms with E-state index in [4.69, 9.17) is 5.73 Å². The summed E-state index contributed by atoms with van der Waals surface area (Å²) in [6, 6.07) is 0.220. The third-order valence-electron chi connectivity index (χ3n) is 1.90. The lowest BCUT2D eigenvalue weighted by Gasteiger charge is -2.11. The van der Waals surface area contributed by atoms with Crippen LogP contribution in [0, 0.1) is 5.92 Å². The summed E-state index contributed by atoms with van der Waals surface area (Å²) in [5.41, 5.74) is 11.0. The summed E-state index contributed by atoms with van der Waals surface area (Å²) < 4.78 is 0. The topological polar surface area (TPSA) is 67.2 Å². The van der Waals surface area contributed by atoms with Crippen LogP contribution in [0.25, 0.3) is 0 Å². The van der Waals surface area contributed by atoms with Crippen molar-refractivity contribution in [1.29, 1.82) is 0 Å². The van der Waals surface area contributed by atoms with Crippen LogP contribution in [0.15, 0.2) is 0 Å². The zero-order valence-corrected chi connectivity index (χ0v) is 6.05. The molecule has 0 aliphatic carbocycles. The highest BCUT2D eigenvalue weighted by Gasteiger charge is 2.29. The van der Waals surface area contributed by atoms with E-state index < -0.39 is 0 Å². The fourth-order valence-corrected chi connectivity index (χ4v) is 1.23. The Balaban J connectivity index is 2.50. The Kier molecular flexibility index (Phi) is 2.24. The highest BCUT2D eigenvalue weighted by atomic mass is 16.1. The van der Waals surface area contributed by atoms with Gasteiger partial charge in [0.15, 0.2) is 0 Å². The minimum atomic E-state index is -0.218. The van der Waals surface area contributed by atoms with Gasteiger partial charge in [0.1, 0.15) is 0 Å². The van der Waals surface area contributed by atoms with Crippen molar-refractivity contribution in [3.05, 3.63) is 0 Å². The molecule has 1 aliphatic heterocycles. The molecule has 0 spiro atoms. The summed E-state index contributed by atoms with van der Waals surface area (Å²) >= 11 is 0. The number of hydrogen-bond donors (Lipinski definition) is 3. The number of hydrazine groups is 1. The minimum absolute atomic E-state index is 0.0370. The molecule has 4 N–H and O–H groups in total. The molecule has 1 amide bonds. The molecule has 4 heteroatoms. The lowest BCUT2D eigenvalue weighted by molar-refractivity contribution is -0.121. The maximum absolute atomic E-state index is 10.7. The van der Waals surface area contributed by atoms with Crippen molar-refractivity contribution in [3.8, 4) is 0 Å². The van der Waals surface area contributed by atoms with Gasteiger partial charge in [-0.15, -0.1) is 0 Å². The van der Waals surface area contributed by atoms with E-state index in [9.17, 15) is 4.79 Å². The number of nitrogens with two attached hydrogens (primary N) is 1. The molecule has 0 aromatic carbocycles. The normalized spacial score (nSPS) is 32.5. The smallest absolute Gasteiger partial charge is 0.223 e. The third kappa shape index (κ3) is 1.27. The highest BCUT2D eigenvalue weighted by molar-refractivity contribution is 5.78. The van der Waals surface area contributed by atoms with Crippen molar-refractivity contribution in [2.75, 3.05) is 6.54 Å². The van der Waals surface area contributed by atoms with Crippen LogP contribution in [0.3, 0.4) is 0 Å². The Morgan fingerprint density at radius 2 is 2.50 bits per heavy atom. The number of carbonyl (C=O) groups excluding carboxylic acids is 1. The Morgan fingerprint density at radius 1 is 1.80 bits per heavy atom. The fraction of sp³-hybridized carbons (Fsp3) is 0.833. The number of carbonyl (C=O) groups is 1. The van der Waals surface area contributed by atoms with Gasteiger partial charge in [0.05, 0.1) is 5.92 Å². The minimum Gasteiger partial charge on any atom is -0.369 e. The second kappa shape index (κ2) is 2.98.